The van der Waals surface area contributed by atoms with Gasteiger partial charge in [0.05, 0.1) is 6.67 Å². The Labute approximate surface area is 116 Å². The fraction of sp³-hybridized carbons (Fsp3) is 0.333. The van der Waals surface area contributed by atoms with Crippen molar-refractivity contribution in [2.75, 3.05) is 11.6 Å². The summed E-state index contributed by atoms with van der Waals surface area (Å²) < 4.78 is 0. The van der Waals surface area contributed by atoms with E-state index in [0.717, 1.165) is 12.2 Å². The van der Waals surface area contributed by atoms with Gasteiger partial charge in [-0.25, -0.2) is 0 Å². The second-order valence-electron chi connectivity index (χ2n) is 4.48. The highest BCUT2D eigenvalue weighted by Crippen LogP contribution is 2.21. The van der Waals surface area contributed by atoms with Gasteiger partial charge in [-0.2, -0.15) is 0 Å². The number of nitrogens with zero attached hydrogens (tertiary/aromatic N) is 2. The number of halogens is 1. The van der Waals surface area contributed by atoms with Crippen molar-refractivity contribution in [1.82, 2.24) is 4.90 Å². The van der Waals surface area contributed by atoms with Crippen molar-refractivity contribution >= 4 is 24.2 Å². The lowest BCUT2D eigenvalue weighted by atomic mass is 10.2. The minimum absolute atomic E-state index is 0. The van der Waals surface area contributed by atoms with Gasteiger partial charge in [-0.3, -0.25) is 0 Å². The lowest BCUT2D eigenvalue weighted by molar-refractivity contribution is 0.309. The van der Waals surface area contributed by atoms with Crippen LogP contribution in [0.3, 0.4) is 0 Å². The van der Waals surface area contributed by atoms with Gasteiger partial charge in [-0.15, -0.1) is 12.4 Å². The minimum Gasteiger partial charge on any atom is -0.356 e. The van der Waals surface area contributed by atoms with E-state index < -0.39 is 0 Å². The molecule has 1 aliphatic rings. The van der Waals surface area contributed by atoms with Crippen LogP contribution in [0.25, 0.3) is 6.08 Å². The second kappa shape index (κ2) is 6.50. The predicted octanol–water partition coefficient (Wildman–Crippen LogP) is 4.10. The summed E-state index contributed by atoms with van der Waals surface area (Å²) in [6.45, 7) is 9.20. The van der Waals surface area contributed by atoms with E-state index in [-0.39, 0.29) is 12.4 Å². The molecule has 0 radical (unpaired) electrons. The SMILES string of the molecule is C=Cc1ccc(N2C=CN(C(C)CC)C2)cc1.Cl. The summed E-state index contributed by atoms with van der Waals surface area (Å²) in [5.41, 5.74) is 2.40. The molecule has 1 aliphatic heterocycles. The molecule has 0 aromatic heterocycles. The molecule has 98 valence electrons. The van der Waals surface area contributed by atoms with Crippen LogP contribution in [0, 0.1) is 0 Å². The van der Waals surface area contributed by atoms with Gasteiger partial charge >= 0.3 is 0 Å². The Hall–Kier alpha value is -1.41. The molecular formula is C15H21ClN2. The summed E-state index contributed by atoms with van der Waals surface area (Å²) in [4.78, 5) is 4.63. The highest BCUT2D eigenvalue weighted by molar-refractivity contribution is 5.85. The van der Waals surface area contributed by atoms with E-state index in [1.54, 1.807) is 0 Å². The van der Waals surface area contributed by atoms with Crippen molar-refractivity contribution in [3.63, 3.8) is 0 Å². The van der Waals surface area contributed by atoms with E-state index in [4.69, 9.17) is 0 Å². The molecule has 3 heteroatoms. The first-order valence-corrected chi connectivity index (χ1v) is 6.17. The Morgan fingerprint density at radius 2 is 1.94 bits per heavy atom. The largest absolute Gasteiger partial charge is 0.356 e. The van der Waals surface area contributed by atoms with Gasteiger partial charge in [0.15, 0.2) is 0 Å². The maximum atomic E-state index is 3.77. The standard InChI is InChI=1S/C15H20N2.ClH/c1-4-13(3)16-10-11-17(12-16)15-8-6-14(5-2)7-9-15;/h5-11,13H,2,4,12H2,1,3H3;1H. The maximum absolute atomic E-state index is 3.77. The Balaban J connectivity index is 0.00000162. The van der Waals surface area contributed by atoms with Gasteiger partial charge in [0.1, 0.15) is 0 Å². The van der Waals surface area contributed by atoms with Crippen LogP contribution in [-0.2, 0) is 0 Å². The lowest BCUT2D eigenvalue weighted by Gasteiger charge is -2.26. The zero-order valence-corrected chi connectivity index (χ0v) is 11.9. The van der Waals surface area contributed by atoms with Gasteiger partial charge in [-0.1, -0.05) is 31.7 Å². The Morgan fingerprint density at radius 3 is 2.50 bits per heavy atom. The highest BCUT2D eigenvalue weighted by atomic mass is 35.5. The molecule has 18 heavy (non-hydrogen) atoms. The molecule has 0 aliphatic carbocycles. The average molecular weight is 265 g/mol. The number of benzene rings is 1. The van der Waals surface area contributed by atoms with Gasteiger partial charge in [0.2, 0.25) is 0 Å². The maximum Gasteiger partial charge on any atom is 0.0944 e. The first kappa shape index (κ1) is 14.7. The van der Waals surface area contributed by atoms with Crippen LogP contribution < -0.4 is 4.90 Å². The summed E-state index contributed by atoms with van der Waals surface area (Å²) in [7, 11) is 0. The van der Waals surface area contributed by atoms with E-state index in [9.17, 15) is 0 Å². The normalized spacial score (nSPS) is 15.4. The Bertz CT molecular complexity index is 411. The molecule has 0 bridgehead atoms. The van der Waals surface area contributed by atoms with Crippen LogP contribution in [0.2, 0.25) is 0 Å². The second-order valence-corrected chi connectivity index (χ2v) is 4.48. The van der Waals surface area contributed by atoms with Crippen LogP contribution in [0.1, 0.15) is 25.8 Å². The zero-order chi connectivity index (χ0) is 12.3. The van der Waals surface area contributed by atoms with Crippen LogP contribution in [-0.4, -0.2) is 17.6 Å². The van der Waals surface area contributed by atoms with E-state index in [2.05, 4.69) is 66.9 Å². The lowest BCUT2D eigenvalue weighted by Crippen LogP contribution is -2.31. The topological polar surface area (TPSA) is 6.48 Å². The fourth-order valence-electron chi connectivity index (χ4n) is 1.93. The molecule has 0 N–H and O–H groups in total. The molecule has 0 saturated carbocycles. The van der Waals surface area contributed by atoms with Crippen molar-refractivity contribution in [2.45, 2.75) is 26.3 Å². The average Bonchev–Trinajstić information content (AvgIpc) is 2.87. The first-order valence-electron chi connectivity index (χ1n) is 6.17. The highest BCUT2D eigenvalue weighted by Gasteiger charge is 2.17. The smallest absolute Gasteiger partial charge is 0.0944 e. The third-order valence-corrected chi connectivity index (χ3v) is 3.37. The quantitative estimate of drug-likeness (QED) is 0.808. The van der Waals surface area contributed by atoms with E-state index in [1.165, 1.54) is 12.1 Å². The zero-order valence-electron chi connectivity index (χ0n) is 11.0. The number of hydrogen-bond acceptors (Lipinski definition) is 2. The van der Waals surface area contributed by atoms with E-state index in [1.807, 2.05) is 6.08 Å². The third-order valence-electron chi connectivity index (χ3n) is 3.37. The van der Waals surface area contributed by atoms with Gasteiger partial charge < -0.3 is 9.80 Å². The molecule has 2 rings (SSSR count). The summed E-state index contributed by atoms with van der Waals surface area (Å²) in [6, 6.07) is 9.08. The molecule has 0 amide bonds. The third kappa shape index (κ3) is 3.08. The molecule has 1 aromatic rings. The molecule has 0 spiro atoms. The predicted molar refractivity (Wildman–Crippen MR) is 81.9 cm³/mol. The van der Waals surface area contributed by atoms with E-state index >= 15 is 0 Å². The molecular weight excluding hydrogens is 244 g/mol. The summed E-state index contributed by atoms with van der Waals surface area (Å²) >= 11 is 0. The summed E-state index contributed by atoms with van der Waals surface area (Å²) in [5, 5.41) is 0. The van der Waals surface area contributed by atoms with Crippen LogP contribution >= 0.6 is 12.4 Å². The molecule has 1 unspecified atom stereocenters. The molecule has 1 atom stereocenters. The number of anilines is 1. The van der Waals surface area contributed by atoms with Crippen molar-refractivity contribution in [3.8, 4) is 0 Å². The molecule has 2 nitrogen and oxygen atoms in total. The van der Waals surface area contributed by atoms with Crippen molar-refractivity contribution in [3.05, 3.63) is 48.8 Å². The molecule has 1 heterocycles. The molecule has 0 saturated heterocycles. The van der Waals surface area contributed by atoms with Gasteiger partial charge in [0, 0.05) is 24.1 Å². The number of rotatable bonds is 4. The number of hydrogen-bond donors (Lipinski definition) is 0. The minimum atomic E-state index is 0. The van der Waals surface area contributed by atoms with Gasteiger partial charge in [0.25, 0.3) is 0 Å². The van der Waals surface area contributed by atoms with Crippen molar-refractivity contribution < 1.29 is 0 Å². The Kier molecular flexibility index (Phi) is 5.29. The van der Waals surface area contributed by atoms with Crippen molar-refractivity contribution in [2.24, 2.45) is 0 Å². The Morgan fingerprint density at radius 1 is 1.28 bits per heavy atom. The molecule has 0 fully saturated rings. The summed E-state index contributed by atoms with van der Waals surface area (Å²) in [5.74, 6) is 0. The summed E-state index contributed by atoms with van der Waals surface area (Å²) in [6.07, 6.45) is 7.37. The van der Waals surface area contributed by atoms with Crippen LogP contribution in [0.4, 0.5) is 5.69 Å². The van der Waals surface area contributed by atoms with E-state index in [0.29, 0.717) is 6.04 Å². The molecule has 1 aromatic carbocycles. The van der Waals surface area contributed by atoms with Crippen molar-refractivity contribution in [1.29, 1.82) is 0 Å². The first-order chi connectivity index (χ1) is 8.24. The monoisotopic (exact) mass is 264 g/mol. The van der Waals surface area contributed by atoms with Crippen LogP contribution in [0.15, 0.2) is 43.2 Å². The van der Waals surface area contributed by atoms with Crippen LogP contribution in [0.5, 0.6) is 0 Å². The fourth-order valence-corrected chi connectivity index (χ4v) is 1.93. The van der Waals surface area contributed by atoms with Gasteiger partial charge in [-0.05, 0) is 31.0 Å².